The third-order valence-corrected chi connectivity index (χ3v) is 3.48. The van der Waals surface area contributed by atoms with Crippen molar-refractivity contribution >= 4 is 12.0 Å². The van der Waals surface area contributed by atoms with Crippen molar-refractivity contribution in [2.45, 2.75) is 25.7 Å². The number of rotatable bonds is 9. The minimum Gasteiger partial charge on any atom is -0.481 e. The molecule has 2 amide bonds. The second kappa shape index (κ2) is 10.4. The van der Waals surface area contributed by atoms with Crippen molar-refractivity contribution in [2.75, 3.05) is 46.6 Å². The Bertz CT molecular complexity index is 324. The van der Waals surface area contributed by atoms with Crippen LogP contribution in [0.4, 0.5) is 4.79 Å². The molecule has 0 spiro atoms. The molecule has 0 radical (unpaired) electrons. The SMILES string of the molecule is COCCOCCCCNC(=O)N1CCCC(C(=O)O)C1. The van der Waals surface area contributed by atoms with Gasteiger partial charge in [0.05, 0.1) is 19.1 Å². The van der Waals surface area contributed by atoms with E-state index in [4.69, 9.17) is 14.6 Å². The highest BCUT2D eigenvalue weighted by Gasteiger charge is 2.27. The molecule has 2 N–H and O–H groups in total. The van der Waals surface area contributed by atoms with Crippen LogP contribution >= 0.6 is 0 Å². The van der Waals surface area contributed by atoms with Crippen molar-refractivity contribution in [2.24, 2.45) is 5.92 Å². The molecular formula is C14H26N2O5. The Morgan fingerprint density at radius 2 is 2.10 bits per heavy atom. The van der Waals surface area contributed by atoms with Crippen LogP contribution in [0.2, 0.25) is 0 Å². The minimum absolute atomic E-state index is 0.166. The quantitative estimate of drug-likeness (QED) is 0.619. The summed E-state index contributed by atoms with van der Waals surface area (Å²) in [5, 5.41) is 11.8. The van der Waals surface area contributed by atoms with Crippen LogP contribution in [-0.4, -0.2) is 68.6 Å². The predicted molar refractivity (Wildman–Crippen MR) is 77.3 cm³/mol. The van der Waals surface area contributed by atoms with E-state index in [0.717, 1.165) is 19.3 Å². The molecule has 0 aromatic carbocycles. The number of amides is 2. The Kier molecular flexibility index (Phi) is 8.77. The van der Waals surface area contributed by atoms with E-state index >= 15 is 0 Å². The second-order valence-corrected chi connectivity index (χ2v) is 5.17. The maximum atomic E-state index is 11.9. The van der Waals surface area contributed by atoms with Gasteiger partial charge < -0.3 is 24.8 Å². The number of carbonyl (C=O) groups excluding carboxylic acids is 1. The van der Waals surface area contributed by atoms with Crippen molar-refractivity contribution in [3.8, 4) is 0 Å². The Balaban J connectivity index is 2.06. The summed E-state index contributed by atoms with van der Waals surface area (Å²) in [4.78, 5) is 24.5. The summed E-state index contributed by atoms with van der Waals surface area (Å²) < 4.78 is 10.2. The van der Waals surface area contributed by atoms with Gasteiger partial charge in [0, 0.05) is 33.4 Å². The Morgan fingerprint density at radius 3 is 2.81 bits per heavy atom. The highest BCUT2D eigenvalue weighted by Crippen LogP contribution is 2.16. The Morgan fingerprint density at radius 1 is 1.29 bits per heavy atom. The molecule has 1 fully saturated rings. The van der Waals surface area contributed by atoms with Crippen LogP contribution in [0, 0.1) is 5.92 Å². The molecule has 0 bridgehead atoms. The minimum atomic E-state index is -0.819. The molecule has 1 heterocycles. The second-order valence-electron chi connectivity index (χ2n) is 5.17. The van der Waals surface area contributed by atoms with E-state index < -0.39 is 11.9 Å². The largest absolute Gasteiger partial charge is 0.481 e. The first-order valence-corrected chi connectivity index (χ1v) is 7.47. The lowest BCUT2D eigenvalue weighted by Gasteiger charge is -2.30. The Labute approximate surface area is 125 Å². The third kappa shape index (κ3) is 7.29. The number of carboxylic acids is 1. The number of methoxy groups -OCH3 is 1. The number of unbranched alkanes of at least 4 members (excludes halogenated alkanes) is 1. The van der Waals surface area contributed by atoms with Gasteiger partial charge in [-0.15, -0.1) is 0 Å². The molecule has 0 aromatic heterocycles. The number of nitrogens with zero attached hydrogens (tertiary/aromatic N) is 1. The first-order chi connectivity index (χ1) is 10.1. The summed E-state index contributed by atoms with van der Waals surface area (Å²) >= 11 is 0. The van der Waals surface area contributed by atoms with Crippen LogP contribution in [0.25, 0.3) is 0 Å². The van der Waals surface area contributed by atoms with E-state index in [0.29, 0.717) is 45.9 Å². The van der Waals surface area contributed by atoms with Crippen LogP contribution in [0.1, 0.15) is 25.7 Å². The molecular weight excluding hydrogens is 276 g/mol. The van der Waals surface area contributed by atoms with Gasteiger partial charge in [-0.25, -0.2) is 4.79 Å². The van der Waals surface area contributed by atoms with Gasteiger partial charge in [-0.1, -0.05) is 0 Å². The van der Waals surface area contributed by atoms with Gasteiger partial charge in [0.15, 0.2) is 0 Å². The summed E-state index contributed by atoms with van der Waals surface area (Å²) in [5.41, 5.74) is 0. The molecule has 122 valence electrons. The van der Waals surface area contributed by atoms with E-state index in [1.54, 1.807) is 12.0 Å². The van der Waals surface area contributed by atoms with Crippen LogP contribution < -0.4 is 5.32 Å². The third-order valence-electron chi connectivity index (χ3n) is 3.48. The normalized spacial score (nSPS) is 18.5. The highest BCUT2D eigenvalue weighted by atomic mass is 16.5. The van der Waals surface area contributed by atoms with Gasteiger partial charge in [0.1, 0.15) is 0 Å². The van der Waals surface area contributed by atoms with E-state index in [2.05, 4.69) is 5.32 Å². The molecule has 0 aromatic rings. The summed E-state index contributed by atoms with van der Waals surface area (Å²) in [6, 6.07) is -0.166. The topological polar surface area (TPSA) is 88.1 Å². The van der Waals surface area contributed by atoms with Crippen molar-refractivity contribution in [3.05, 3.63) is 0 Å². The number of ether oxygens (including phenoxy) is 2. The molecule has 0 aliphatic carbocycles. The number of carbonyl (C=O) groups is 2. The maximum absolute atomic E-state index is 11.9. The Hall–Kier alpha value is -1.34. The number of carboxylic acid groups (broad SMARTS) is 1. The zero-order valence-corrected chi connectivity index (χ0v) is 12.7. The van der Waals surface area contributed by atoms with Crippen molar-refractivity contribution in [3.63, 3.8) is 0 Å². The smallest absolute Gasteiger partial charge is 0.317 e. The van der Waals surface area contributed by atoms with Gasteiger partial charge in [-0.05, 0) is 25.7 Å². The zero-order chi connectivity index (χ0) is 15.5. The van der Waals surface area contributed by atoms with Crippen molar-refractivity contribution in [1.82, 2.24) is 10.2 Å². The highest BCUT2D eigenvalue weighted by molar-refractivity contribution is 5.76. The van der Waals surface area contributed by atoms with Crippen molar-refractivity contribution < 1.29 is 24.2 Å². The molecule has 1 atom stereocenters. The molecule has 1 saturated heterocycles. The fraction of sp³-hybridized carbons (Fsp3) is 0.857. The number of likely N-dealkylation sites (tertiary alicyclic amines) is 1. The lowest BCUT2D eigenvalue weighted by Crippen LogP contribution is -2.47. The number of aliphatic carboxylic acids is 1. The van der Waals surface area contributed by atoms with E-state index in [-0.39, 0.29) is 6.03 Å². The number of urea groups is 1. The molecule has 0 saturated carbocycles. The number of hydrogen-bond acceptors (Lipinski definition) is 4. The van der Waals surface area contributed by atoms with Gasteiger partial charge in [0.25, 0.3) is 0 Å². The molecule has 7 heteroatoms. The zero-order valence-electron chi connectivity index (χ0n) is 12.7. The maximum Gasteiger partial charge on any atom is 0.317 e. The monoisotopic (exact) mass is 302 g/mol. The van der Waals surface area contributed by atoms with Crippen LogP contribution in [0.15, 0.2) is 0 Å². The van der Waals surface area contributed by atoms with Gasteiger partial charge in [0.2, 0.25) is 0 Å². The van der Waals surface area contributed by atoms with Crippen molar-refractivity contribution in [1.29, 1.82) is 0 Å². The number of piperidine rings is 1. The van der Waals surface area contributed by atoms with E-state index in [1.165, 1.54) is 0 Å². The fourth-order valence-corrected chi connectivity index (χ4v) is 2.24. The first kappa shape index (κ1) is 17.7. The lowest BCUT2D eigenvalue weighted by molar-refractivity contribution is -0.143. The standard InChI is InChI=1S/C14H26N2O5/c1-20-9-10-21-8-3-2-6-15-14(19)16-7-4-5-12(11-16)13(17)18/h12H,2-11H2,1H3,(H,15,19)(H,17,18). The molecule has 21 heavy (non-hydrogen) atoms. The van der Waals surface area contributed by atoms with E-state index in [1.807, 2.05) is 0 Å². The lowest BCUT2D eigenvalue weighted by atomic mass is 9.99. The van der Waals surface area contributed by atoms with E-state index in [9.17, 15) is 9.59 Å². The summed E-state index contributed by atoms with van der Waals surface area (Å²) in [6.07, 6.45) is 3.12. The predicted octanol–water partition coefficient (Wildman–Crippen LogP) is 0.936. The fourth-order valence-electron chi connectivity index (χ4n) is 2.24. The summed E-state index contributed by atoms with van der Waals surface area (Å²) in [6.45, 7) is 3.37. The first-order valence-electron chi connectivity index (χ1n) is 7.47. The van der Waals surface area contributed by atoms with Crippen LogP contribution in [-0.2, 0) is 14.3 Å². The summed E-state index contributed by atoms with van der Waals surface area (Å²) in [7, 11) is 1.63. The number of hydrogen-bond donors (Lipinski definition) is 2. The van der Waals surface area contributed by atoms with Gasteiger partial charge in [-0.3, -0.25) is 4.79 Å². The van der Waals surface area contributed by atoms with Gasteiger partial charge >= 0.3 is 12.0 Å². The molecule has 7 nitrogen and oxygen atoms in total. The molecule has 1 rings (SSSR count). The average molecular weight is 302 g/mol. The molecule has 1 aliphatic rings. The van der Waals surface area contributed by atoms with Crippen LogP contribution in [0.5, 0.6) is 0 Å². The van der Waals surface area contributed by atoms with Crippen LogP contribution in [0.3, 0.4) is 0 Å². The summed E-state index contributed by atoms with van der Waals surface area (Å²) in [5.74, 6) is -1.25. The molecule has 1 unspecified atom stereocenters. The number of nitrogens with one attached hydrogen (secondary N) is 1. The van der Waals surface area contributed by atoms with Gasteiger partial charge in [-0.2, -0.15) is 0 Å². The average Bonchev–Trinajstić information content (AvgIpc) is 2.49. The molecule has 1 aliphatic heterocycles.